The summed E-state index contributed by atoms with van der Waals surface area (Å²) in [6, 6.07) is 5.05. The Kier molecular flexibility index (Phi) is 5.19. The lowest BCUT2D eigenvalue weighted by Gasteiger charge is -2.35. The van der Waals surface area contributed by atoms with Gasteiger partial charge < -0.3 is 40.1 Å². The number of phenolic OH excluding ortho intramolecular Hbond substituents is 4. The minimum absolute atomic E-state index is 0.0721. The lowest BCUT2D eigenvalue weighted by atomic mass is 9.89. The van der Waals surface area contributed by atoms with Gasteiger partial charge in [-0.2, -0.15) is 0 Å². The molecule has 2 aliphatic heterocycles. The number of hydrogen-bond donors (Lipinski definition) is 6. The molecular weight excluding hydrogens is 396 g/mol. The number of hydrogen-bond acceptors (Lipinski definition) is 9. The topological polar surface area (TPSA) is 157 Å². The van der Waals surface area contributed by atoms with Crippen LogP contribution in [0.3, 0.4) is 0 Å². The Bertz CT molecular complexity index is 987. The van der Waals surface area contributed by atoms with E-state index in [0.717, 1.165) is 6.07 Å². The van der Waals surface area contributed by atoms with Crippen molar-refractivity contribution in [2.24, 2.45) is 0 Å². The van der Waals surface area contributed by atoms with Crippen molar-refractivity contribution >= 4 is 5.78 Å². The first-order valence-electron chi connectivity index (χ1n) is 9.53. The van der Waals surface area contributed by atoms with E-state index >= 15 is 0 Å². The first-order valence-corrected chi connectivity index (χ1v) is 9.53. The van der Waals surface area contributed by atoms with Crippen LogP contribution < -0.4 is 4.74 Å². The van der Waals surface area contributed by atoms with E-state index in [1.54, 1.807) is 0 Å². The summed E-state index contributed by atoms with van der Waals surface area (Å²) < 4.78 is 11.7. The molecule has 6 N–H and O–H groups in total. The van der Waals surface area contributed by atoms with Gasteiger partial charge in [0.2, 0.25) is 0 Å². The molecule has 4 rings (SSSR count). The van der Waals surface area contributed by atoms with E-state index in [9.17, 15) is 35.4 Å². The van der Waals surface area contributed by atoms with E-state index in [4.69, 9.17) is 9.47 Å². The molecule has 0 bridgehead atoms. The molecule has 160 valence electrons. The summed E-state index contributed by atoms with van der Waals surface area (Å²) in [7, 11) is 0. The number of benzene rings is 2. The predicted molar refractivity (Wildman–Crippen MR) is 102 cm³/mol. The van der Waals surface area contributed by atoms with Gasteiger partial charge in [0.1, 0.15) is 28.9 Å². The SMILES string of the molecule is O=C1CC(c2ccc(O)c(O)c2)Oc2c1c(O)cc(O)c2C1CC(O)CC(CO)O1. The number of aromatic hydroxyl groups is 4. The average molecular weight is 418 g/mol. The largest absolute Gasteiger partial charge is 0.507 e. The summed E-state index contributed by atoms with van der Waals surface area (Å²) in [5.41, 5.74) is 0.406. The van der Waals surface area contributed by atoms with Crippen molar-refractivity contribution in [1.82, 2.24) is 0 Å². The summed E-state index contributed by atoms with van der Waals surface area (Å²) in [6.45, 7) is -0.330. The molecule has 0 spiro atoms. The number of Topliss-reactive ketones (excluding diaryl/α,β-unsaturated/α-hetero) is 1. The smallest absolute Gasteiger partial charge is 0.174 e. The standard InChI is InChI=1S/C21H22O9/c22-8-11-4-10(23)5-18(29-11)20-15(27)6-14(26)19-16(28)7-17(30-21(19)20)9-1-2-12(24)13(25)3-9/h1-3,6,10-11,17-18,22-27H,4-5,7-8H2. The van der Waals surface area contributed by atoms with E-state index in [0.29, 0.717) is 5.56 Å². The molecule has 9 heteroatoms. The highest BCUT2D eigenvalue weighted by molar-refractivity contribution is 6.03. The first kappa shape index (κ1) is 20.3. The van der Waals surface area contributed by atoms with Crippen molar-refractivity contribution < 1.29 is 44.9 Å². The van der Waals surface area contributed by atoms with Gasteiger partial charge in [-0.15, -0.1) is 0 Å². The maximum absolute atomic E-state index is 12.8. The van der Waals surface area contributed by atoms with Crippen LogP contribution in [0.2, 0.25) is 0 Å². The highest BCUT2D eigenvalue weighted by atomic mass is 16.5. The van der Waals surface area contributed by atoms with Gasteiger partial charge in [-0.1, -0.05) is 6.07 Å². The van der Waals surface area contributed by atoms with Gasteiger partial charge in [-0.3, -0.25) is 4.79 Å². The maximum atomic E-state index is 12.8. The van der Waals surface area contributed by atoms with E-state index in [1.165, 1.54) is 18.2 Å². The molecule has 1 fully saturated rings. The highest BCUT2D eigenvalue weighted by Gasteiger charge is 2.39. The quantitative estimate of drug-likeness (QED) is 0.409. The maximum Gasteiger partial charge on any atom is 0.174 e. The third-order valence-electron chi connectivity index (χ3n) is 5.46. The van der Waals surface area contributed by atoms with Crippen LogP contribution in [0.1, 0.15) is 53.0 Å². The first-order chi connectivity index (χ1) is 14.3. The molecule has 4 unspecified atom stereocenters. The molecule has 0 radical (unpaired) electrons. The highest BCUT2D eigenvalue weighted by Crippen LogP contribution is 2.50. The Labute approximate surface area is 171 Å². The Hall–Kier alpha value is -3.01. The van der Waals surface area contributed by atoms with Crippen LogP contribution in [0, 0.1) is 0 Å². The number of rotatable bonds is 3. The Morgan fingerprint density at radius 2 is 1.70 bits per heavy atom. The Morgan fingerprint density at radius 1 is 0.933 bits per heavy atom. The molecule has 4 atom stereocenters. The monoisotopic (exact) mass is 418 g/mol. The van der Waals surface area contributed by atoms with Crippen molar-refractivity contribution in [3.8, 4) is 28.7 Å². The second-order valence-electron chi connectivity index (χ2n) is 7.57. The number of ether oxygens (including phenoxy) is 2. The van der Waals surface area contributed by atoms with E-state index in [-0.39, 0.29) is 60.0 Å². The van der Waals surface area contributed by atoms with Crippen molar-refractivity contribution in [1.29, 1.82) is 0 Å². The van der Waals surface area contributed by atoms with E-state index in [2.05, 4.69) is 0 Å². The molecule has 9 nitrogen and oxygen atoms in total. The predicted octanol–water partition coefficient (Wildman–Crippen LogP) is 1.79. The van der Waals surface area contributed by atoms with Crippen molar-refractivity contribution in [3.05, 3.63) is 41.0 Å². The lowest BCUT2D eigenvalue weighted by Crippen LogP contribution is -2.34. The number of aliphatic hydroxyl groups is 2. The molecule has 2 aromatic rings. The van der Waals surface area contributed by atoms with E-state index in [1.807, 2.05) is 0 Å². The second-order valence-corrected chi connectivity index (χ2v) is 7.57. The number of carbonyl (C=O) groups is 1. The fourth-order valence-corrected chi connectivity index (χ4v) is 4.02. The summed E-state index contributed by atoms with van der Waals surface area (Å²) in [6.07, 6.45) is -2.99. The van der Waals surface area contributed by atoms with Crippen LogP contribution in [0.25, 0.3) is 0 Å². The van der Waals surface area contributed by atoms with Gasteiger partial charge >= 0.3 is 0 Å². The molecule has 2 aromatic carbocycles. The van der Waals surface area contributed by atoms with Gasteiger partial charge in [-0.05, 0) is 17.7 Å². The molecule has 0 aromatic heterocycles. The van der Waals surface area contributed by atoms with Crippen molar-refractivity contribution in [2.45, 2.75) is 43.7 Å². The molecule has 0 saturated carbocycles. The molecule has 2 aliphatic rings. The summed E-state index contributed by atoms with van der Waals surface area (Å²) in [5, 5.41) is 59.7. The van der Waals surface area contributed by atoms with Crippen LogP contribution in [-0.4, -0.2) is 55.2 Å². The van der Waals surface area contributed by atoms with E-state index < -0.39 is 35.9 Å². The molecule has 2 heterocycles. The van der Waals surface area contributed by atoms with Gasteiger partial charge in [0.25, 0.3) is 0 Å². The normalized spacial score (nSPS) is 26.1. The number of phenols is 4. The fraction of sp³-hybridized carbons (Fsp3) is 0.381. The molecule has 1 saturated heterocycles. The number of fused-ring (bicyclic) bond motifs is 1. The summed E-state index contributed by atoms with van der Waals surface area (Å²) >= 11 is 0. The van der Waals surface area contributed by atoms with Gasteiger partial charge in [0, 0.05) is 18.9 Å². The minimum Gasteiger partial charge on any atom is -0.507 e. The Balaban J connectivity index is 1.78. The van der Waals surface area contributed by atoms with Gasteiger partial charge in [0.15, 0.2) is 17.3 Å². The zero-order valence-corrected chi connectivity index (χ0v) is 15.9. The lowest BCUT2D eigenvalue weighted by molar-refractivity contribution is -0.115. The average Bonchev–Trinajstić information content (AvgIpc) is 2.68. The van der Waals surface area contributed by atoms with Crippen molar-refractivity contribution in [3.63, 3.8) is 0 Å². The molecular formula is C21H22O9. The minimum atomic E-state index is -0.875. The zero-order valence-electron chi connectivity index (χ0n) is 15.9. The van der Waals surface area contributed by atoms with Crippen LogP contribution in [0.4, 0.5) is 0 Å². The fourth-order valence-electron chi connectivity index (χ4n) is 4.02. The van der Waals surface area contributed by atoms with Crippen LogP contribution in [-0.2, 0) is 4.74 Å². The molecule has 0 aliphatic carbocycles. The molecule has 30 heavy (non-hydrogen) atoms. The second kappa shape index (κ2) is 7.67. The Morgan fingerprint density at radius 3 is 2.40 bits per heavy atom. The summed E-state index contributed by atoms with van der Waals surface area (Å²) in [5.74, 6) is -2.03. The van der Waals surface area contributed by atoms with Crippen LogP contribution in [0.5, 0.6) is 28.7 Å². The van der Waals surface area contributed by atoms with Gasteiger partial charge in [-0.25, -0.2) is 0 Å². The van der Waals surface area contributed by atoms with Gasteiger partial charge in [0.05, 0.1) is 36.9 Å². The number of aliphatic hydroxyl groups excluding tert-OH is 2. The molecule has 0 amide bonds. The number of ketones is 1. The third-order valence-corrected chi connectivity index (χ3v) is 5.46. The third kappa shape index (κ3) is 3.51. The van der Waals surface area contributed by atoms with Crippen LogP contribution >= 0.6 is 0 Å². The van der Waals surface area contributed by atoms with Crippen LogP contribution in [0.15, 0.2) is 24.3 Å². The summed E-state index contributed by atoms with van der Waals surface area (Å²) in [4.78, 5) is 12.8. The number of carbonyl (C=O) groups excluding carboxylic acids is 1. The van der Waals surface area contributed by atoms with Crippen molar-refractivity contribution in [2.75, 3.05) is 6.61 Å². The zero-order chi connectivity index (χ0) is 21.6.